The Morgan fingerprint density at radius 2 is 2.00 bits per heavy atom. The van der Waals surface area contributed by atoms with Gasteiger partial charge in [-0.1, -0.05) is 26.7 Å². The van der Waals surface area contributed by atoms with Gasteiger partial charge in [-0.2, -0.15) is 0 Å². The minimum absolute atomic E-state index is 0.400. The second-order valence-electron chi connectivity index (χ2n) is 6.32. The molecule has 1 saturated carbocycles. The smallest absolute Gasteiger partial charge is 0.0674 e. The number of nitrogens with zero attached hydrogens (tertiary/aromatic N) is 1. The van der Waals surface area contributed by atoms with E-state index in [1.54, 1.807) is 0 Å². The molecule has 0 radical (unpaired) electrons. The molecule has 2 fully saturated rings. The molecule has 1 aliphatic heterocycles. The minimum Gasteiger partial charge on any atom is -0.376 e. The molecule has 1 aliphatic carbocycles. The fraction of sp³-hybridized carbons (Fsp3) is 1.00. The van der Waals surface area contributed by atoms with E-state index in [0.29, 0.717) is 18.2 Å². The van der Waals surface area contributed by atoms with Crippen molar-refractivity contribution in [3.8, 4) is 0 Å². The lowest BCUT2D eigenvalue weighted by molar-refractivity contribution is -0.0824. The van der Waals surface area contributed by atoms with Crippen molar-refractivity contribution in [1.82, 2.24) is 10.2 Å². The van der Waals surface area contributed by atoms with E-state index in [4.69, 9.17) is 4.74 Å². The van der Waals surface area contributed by atoms with Crippen LogP contribution in [0, 0.1) is 0 Å². The fourth-order valence-corrected chi connectivity index (χ4v) is 3.70. The average molecular weight is 268 g/mol. The van der Waals surface area contributed by atoms with Gasteiger partial charge in [-0.25, -0.2) is 0 Å². The third-order valence-corrected chi connectivity index (χ3v) is 4.79. The zero-order valence-corrected chi connectivity index (χ0v) is 13.0. The van der Waals surface area contributed by atoms with Gasteiger partial charge in [-0.15, -0.1) is 0 Å². The number of rotatable bonds is 5. The Balaban J connectivity index is 2.01. The highest BCUT2D eigenvalue weighted by molar-refractivity contribution is 4.93. The van der Waals surface area contributed by atoms with E-state index in [1.807, 2.05) is 0 Å². The van der Waals surface area contributed by atoms with Crippen LogP contribution in [0.15, 0.2) is 0 Å². The summed E-state index contributed by atoms with van der Waals surface area (Å²) in [4.78, 5) is 2.76. The van der Waals surface area contributed by atoms with Crippen molar-refractivity contribution in [3.05, 3.63) is 0 Å². The van der Waals surface area contributed by atoms with E-state index in [0.717, 1.165) is 25.7 Å². The summed E-state index contributed by atoms with van der Waals surface area (Å²) in [6, 6.07) is 2.06. The Morgan fingerprint density at radius 1 is 1.21 bits per heavy atom. The van der Waals surface area contributed by atoms with E-state index in [1.165, 1.54) is 38.5 Å². The SMILES string of the molecule is CCCNC1CCCCC1N1CC(C)OCC1CC. The number of nitrogens with one attached hydrogen (secondary N) is 1. The summed E-state index contributed by atoms with van der Waals surface area (Å²) in [6.45, 7) is 9.99. The second kappa shape index (κ2) is 7.61. The van der Waals surface area contributed by atoms with Gasteiger partial charge in [0.25, 0.3) is 0 Å². The van der Waals surface area contributed by atoms with Crippen molar-refractivity contribution >= 4 is 0 Å². The van der Waals surface area contributed by atoms with Crippen LogP contribution in [0.25, 0.3) is 0 Å². The predicted molar refractivity (Wildman–Crippen MR) is 80.5 cm³/mol. The molecule has 0 aromatic rings. The molecule has 19 heavy (non-hydrogen) atoms. The van der Waals surface area contributed by atoms with Crippen LogP contribution < -0.4 is 5.32 Å². The van der Waals surface area contributed by atoms with Crippen LogP contribution in [0.3, 0.4) is 0 Å². The van der Waals surface area contributed by atoms with Gasteiger partial charge in [0.05, 0.1) is 12.7 Å². The Hall–Kier alpha value is -0.120. The molecular weight excluding hydrogens is 236 g/mol. The van der Waals surface area contributed by atoms with E-state index >= 15 is 0 Å². The van der Waals surface area contributed by atoms with Gasteiger partial charge in [0.15, 0.2) is 0 Å². The Bertz CT molecular complexity index is 259. The van der Waals surface area contributed by atoms with E-state index in [2.05, 4.69) is 31.0 Å². The lowest BCUT2D eigenvalue weighted by Gasteiger charge is -2.47. The van der Waals surface area contributed by atoms with Crippen LogP contribution in [0.4, 0.5) is 0 Å². The molecule has 2 aliphatic rings. The van der Waals surface area contributed by atoms with Gasteiger partial charge >= 0.3 is 0 Å². The third kappa shape index (κ3) is 3.93. The maximum atomic E-state index is 5.86. The Labute approximate surface area is 119 Å². The molecule has 4 unspecified atom stereocenters. The summed E-state index contributed by atoms with van der Waals surface area (Å²) < 4.78 is 5.86. The quantitative estimate of drug-likeness (QED) is 0.830. The highest BCUT2D eigenvalue weighted by Crippen LogP contribution is 2.28. The fourth-order valence-electron chi connectivity index (χ4n) is 3.70. The van der Waals surface area contributed by atoms with E-state index in [-0.39, 0.29) is 0 Å². The molecule has 0 amide bonds. The van der Waals surface area contributed by atoms with Crippen LogP contribution in [0.1, 0.15) is 59.3 Å². The molecule has 4 atom stereocenters. The molecule has 0 aromatic carbocycles. The topological polar surface area (TPSA) is 24.5 Å². The molecule has 0 spiro atoms. The van der Waals surface area contributed by atoms with Crippen LogP contribution in [0.5, 0.6) is 0 Å². The van der Waals surface area contributed by atoms with Crippen molar-refractivity contribution < 1.29 is 4.74 Å². The summed E-state index contributed by atoms with van der Waals surface area (Å²) in [5.41, 5.74) is 0. The largest absolute Gasteiger partial charge is 0.376 e. The third-order valence-electron chi connectivity index (χ3n) is 4.79. The van der Waals surface area contributed by atoms with E-state index in [9.17, 15) is 0 Å². The van der Waals surface area contributed by atoms with Gasteiger partial charge in [-0.3, -0.25) is 4.90 Å². The molecule has 3 nitrogen and oxygen atoms in total. The molecule has 1 saturated heterocycles. The van der Waals surface area contributed by atoms with Gasteiger partial charge in [0, 0.05) is 24.7 Å². The predicted octanol–water partition coefficient (Wildman–Crippen LogP) is 2.80. The standard InChI is InChI=1S/C16H32N2O/c1-4-10-17-15-8-6-7-9-16(15)18-11-13(3)19-12-14(18)5-2/h13-17H,4-12H2,1-3H3. The van der Waals surface area contributed by atoms with Gasteiger partial charge < -0.3 is 10.1 Å². The van der Waals surface area contributed by atoms with Crippen LogP contribution in [-0.2, 0) is 4.74 Å². The van der Waals surface area contributed by atoms with Crippen molar-refractivity contribution in [3.63, 3.8) is 0 Å². The van der Waals surface area contributed by atoms with Crippen LogP contribution >= 0.6 is 0 Å². The first kappa shape index (κ1) is 15.3. The first-order chi connectivity index (χ1) is 9.26. The number of morpholine rings is 1. The Kier molecular flexibility index (Phi) is 6.11. The second-order valence-corrected chi connectivity index (χ2v) is 6.32. The Morgan fingerprint density at radius 3 is 2.74 bits per heavy atom. The highest BCUT2D eigenvalue weighted by atomic mass is 16.5. The first-order valence-electron chi connectivity index (χ1n) is 8.37. The molecule has 0 aromatic heterocycles. The lowest BCUT2D eigenvalue weighted by Crippen LogP contribution is -2.60. The first-order valence-corrected chi connectivity index (χ1v) is 8.37. The summed E-state index contributed by atoms with van der Waals surface area (Å²) >= 11 is 0. The number of hydrogen-bond acceptors (Lipinski definition) is 3. The summed E-state index contributed by atoms with van der Waals surface area (Å²) in [7, 11) is 0. The lowest BCUT2D eigenvalue weighted by atomic mass is 9.87. The van der Waals surface area contributed by atoms with Gasteiger partial charge in [0.1, 0.15) is 0 Å². The molecule has 1 N–H and O–H groups in total. The van der Waals surface area contributed by atoms with E-state index < -0.39 is 0 Å². The number of hydrogen-bond donors (Lipinski definition) is 1. The van der Waals surface area contributed by atoms with Gasteiger partial charge in [-0.05, 0) is 39.2 Å². The number of ether oxygens (including phenoxy) is 1. The van der Waals surface area contributed by atoms with Crippen molar-refractivity contribution in [2.45, 2.75) is 83.5 Å². The zero-order valence-electron chi connectivity index (χ0n) is 13.0. The van der Waals surface area contributed by atoms with Crippen LogP contribution in [0.2, 0.25) is 0 Å². The summed E-state index contributed by atoms with van der Waals surface area (Å²) in [5, 5.41) is 3.80. The maximum absolute atomic E-state index is 5.86. The summed E-state index contributed by atoms with van der Waals surface area (Å²) in [5.74, 6) is 0. The zero-order chi connectivity index (χ0) is 13.7. The van der Waals surface area contributed by atoms with Crippen molar-refractivity contribution in [2.24, 2.45) is 0 Å². The molecule has 2 rings (SSSR count). The van der Waals surface area contributed by atoms with Crippen LogP contribution in [-0.4, -0.2) is 48.8 Å². The molecule has 0 bridgehead atoms. The maximum Gasteiger partial charge on any atom is 0.0674 e. The average Bonchev–Trinajstić information content (AvgIpc) is 2.45. The van der Waals surface area contributed by atoms with Crippen molar-refractivity contribution in [2.75, 3.05) is 19.7 Å². The highest BCUT2D eigenvalue weighted by Gasteiger charge is 2.36. The minimum atomic E-state index is 0.400. The molecule has 3 heteroatoms. The molecule has 112 valence electrons. The van der Waals surface area contributed by atoms with Gasteiger partial charge in [0.2, 0.25) is 0 Å². The normalized spacial score (nSPS) is 37.4. The van der Waals surface area contributed by atoms with Crippen molar-refractivity contribution in [1.29, 1.82) is 0 Å². The monoisotopic (exact) mass is 268 g/mol. The molecular formula is C16H32N2O. The summed E-state index contributed by atoms with van der Waals surface area (Å²) in [6.07, 6.45) is 8.36. The molecule has 1 heterocycles.